The summed E-state index contributed by atoms with van der Waals surface area (Å²) in [4.78, 5) is 50.1. The number of carbonyl (C=O) groups excluding carboxylic acids is 2. The van der Waals surface area contributed by atoms with Crippen LogP contribution in [0.3, 0.4) is 0 Å². The van der Waals surface area contributed by atoms with Crippen molar-refractivity contribution in [3.63, 3.8) is 0 Å². The van der Waals surface area contributed by atoms with E-state index in [-0.39, 0.29) is 5.75 Å². The molecular weight excluding hydrogens is 592 g/mol. The van der Waals surface area contributed by atoms with E-state index in [1.165, 1.54) is 31.2 Å². The van der Waals surface area contributed by atoms with Crippen LogP contribution in [0.2, 0.25) is 5.02 Å². The molecule has 1 fully saturated rings. The first-order valence-corrected chi connectivity index (χ1v) is 14.1. The number of carbonyl (C=O) groups is 2. The number of rotatable bonds is 11. The molecule has 3 rings (SSSR count). The number of nitrogens with zero attached hydrogens (tertiary/aromatic N) is 1. The number of alkyl halides is 1. The van der Waals surface area contributed by atoms with Gasteiger partial charge in [-0.15, -0.1) is 0 Å². The molecule has 0 aliphatic carbocycles. The number of aliphatic hydroxyl groups is 1. The third-order valence-electron chi connectivity index (χ3n) is 5.65. The van der Waals surface area contributed by atoms with E-state index in [0.29, 0.717) is 9.59 Å². The highest BCUT2D eigenvalue weighted by molar-refractivity contribution is 7.52. The zero-order chi connectivity index (χ0) is 30.8. The number of benzene rings is 1. The summed E-state index contributed by atoms with van der Waals surface area (Å²) in [6.07, 6.45) is -3.56. The second kappa shape index (κ2) is 12.4. The number of hydrogen-bond donors (Lipinski definition) is 3. The average molecular weight is 622 g/mol. The monoisotopic (exact) mass is 621 g/mol. The number of halogens is 2. The molecule has 1 aromatic heterocycles. The lowest BCUT2D eigenvalue weighted by molar-refractivity contribution is -0.214. The molecule has 1 aliphatic heterocycles. The predicted molar refractivity (Wildman–Crippen MR) is 141 cm³/mol. The Kier molecular flexibility index (Phi) is 9.84. The number of H-pyrrole nitrogens is 1. The van der Waals surface area contributed by atoms with E-state index in [2.05, 4.69) is 5.09 Å². The minimum Gasteiger partial charge on any atom is -0.462 e. The molecule has 3 N–H and O–H groups in total. The highest BCUT2D eigenvalue weighted by Crippen LogP contribution is 2.51. The van der Waals surface area contributed by atoms with Gasteiger partial charge >= 0.3 is 25.4 Å². The maximum absolute atomic E-state index is 16.5. The Morgan fingerprint density at radius 1 is 1.24 bits per heavy atom. The van der Waals surface area contributed by atoms with Crippen LogP contribution in [0.25, 0.3) is 0 Å². The Bertz CT molecular complexity index is 1430. The quantitative estimate of drug-likeness (QED) is 0.246. The lowest BCUT2D eigenvalue weighted by Crippen LogP contribution is -2.52. The molecule has 1 saturated heterocycles. The lowest BCUT2D eigenvalue weighted by Gasteiger charge is -2.31. The summed E-state index contributed by atoms with van der Waals surface area (Å²) in [6, 6.07) is 5.13. The van der Waals surface area contributed by atoms with Crippen LogP contribution in [-0.4, -0.2) is 62.9 Å². The maximum Gasteiger partial charge on any atom is 0.459 e. The normalized spacial score (nSPS) is 26.3. The molecule has 1 aliphatic rings. The molecule has 0 saturated carbocycles. The van der Waals surface area contributed by atoms with Crippen LogP contribution in [-0.2, 0) is 32.9 Å². The van der Waals surface area contributed by atoms with Gasteiger partial charge in [0.1, 0.15) is 24.0 Å². The van der Waals surface area contributed by atoms with Crippen molar-refractivity contribution < 1.29 is 46.9 Å². The Balaban J connectivity index is 1.96. The first-order chi connectivity index (χ1) is 19.0. The van der Waals surface area contributed by atoms with Crippen molar-refractivity contribution in [2.24, 2.45) is 0 Å². The van der Waals surface area contributed by atoms with E-state index >= 15 is 4.39 Å². The molecule has 6 atom stereocenters. The number of esters is 2. The number of aromatic amines is 1. The van der Waals surface area contributed by atoms with Crippen LogP contribution in [0.1, 0.15) is 40.8 Å². The van der Waals surface area contributed by atoms with E-state index < -0.39 is 73.5 Å². The van der Waals surface area contributed by atoms with Gasteiger partial charge in [-0.05, 0) is 52.0 Å². The third kappa shape index (κ3) is 7.82. The van der Waals surface area contributed by atoms with E-state index in [4.69, 9.17) is 34.9 Å². The van der Waals surface area contributed by atoms with Crippen molar-refractivity contribution in [2.75, 3.05) is 6.61 Å². The lowest BCUT2D eigenvalue weighted by atomic mass is 9.95. The topological polar surface area (TPSA) is 184 Å². The summed E-state index contributed by atoms with van der Waals surface area (Å²) >= 11 is 5.88. The van der Waals surface area contributed by atoms with Gasteiger partial charge < -0.3 is 23.8 Å². The SMILES string of the molecule is CC(=O)OC1C(F)(COP(=O)(NC(C)C(=O)OC(C)C)Oc2ccc(Cl)cc2)OC(n2ccc(=O)[nH]c2=O)C1(C)O. The summed E-state index contributed by atoms with van der Waals surface area (Å²) in [6.45, 7) is 5.15. The molecule has 17 heteroatoms. The van der Waals surface area contributed by atoms with Crippen LogP contribution >= 0.6 is 19.3 Å². The minimum atomic E-state index is -4.67. The maximum atomic E-state index is 16.5. The smallest absolute Gasteiger partial charge is 0.459 e. The number of aromatic nitrogens is 2. The largest absolute Gasteiger partial charge is 0.462 e. The van der Waals surface area contributed by atoms with Crippen molar-refractivity contribution >= 4 is 31.3 Å². The molecule has 2 heterocycles. The Morgan fingerprint density at radius 2 is 1.88 bits per heavy atom. The number of nitrogens with one attached hydrogen (secondary N) is 2. The second-order valence-corrected chi connectivity index (χ2v) is 11.8. The summed E-state index contributed by atoms with van der Waals surface area (Å²) in [7, 11) is -4.67. The van der Waals surface area contributed by atoms with Gasteiger partial charge in [0.25, 0.3) is 11.4 Å². The fraction of sp³-hybridized carbons (Fsp3) is 0.500. The van der Waals surface area contributed by atoms with Gasteiger partial charge in [0.05, 0.1) is 6.10 Å². The molecule has 2 aromatic rings. The van der Waals surface area contributed by atoms with Crippen LogP contribution in [0.5, 0.6) is 5.75 Å². The standard InChI is InChI=1S/C24H30ClFN3O11P/c1-13(2)37-19(32)14(3)28-41(35,40-17-8-6-16(25)7-9-17)36-12-24(26)20(38-15(4)30)23(5,34)21(39-24)29-11-10-18(31)27-22(29)33/h6-11,13-14,20-21,34H,12H2,1-5H3,(H,28,35)(H,27,31,33). The van der Waals surface area contributed by atoms with Crippen LogP contribution in [0, 0.1) is 0 Å². The van der Waals surface area contributed by atoms with Gasteiger partial charge in [0, 0.05) is 24.2 Å². The van der Waals surface area contributed by atoms with Gasteiger partial charge in [-0.2, -0.15) is 5.09 Å². The third-order valence-corrected chi connectivity index (χ3v) is 7.52. The summed E-state index contributed by atoms with van der Waals surface area (Å²) < 4.78 is 57.3. The van der Waals surface area contributed by atoms with Crippen LogP contribution in [0.4, 0.5) is 4.39 Å². The summed E-state index contributed by atoms with van der Waals surface area (Å²) in [5, 5.41) is 13.9. The van der Waals surface area contributed by atoms with E-state index in [9.17, 15) is 28.8 Å². The number of ether oxygens (including phenoxy) is 3. The van der Waals surface area contributed by atoms with Crippen molar-refractivity contribution in [1.29, 1.82) is 0 Å². The molecule has 0 bridgehead atoms. The van der Waals surface area contributed by atoms with Gasteiger partial charge in [0.15, 0.2) is 12.3 Å². The zero-order valence-corrected chi connectivity index (χ0v) is 24.3. The first kappa shape index (κ1) is 32.4. The molecule has 226 valence electrons. The van der Waals surface area contributed by atoms with E-state index in [1.807, 2.05) is 4.98 Å². The average Bonchev–Trinajstić information content (AvgIpc) is 3.04. The van der Waals surface area contributed by atoms with E-state index in [0.717, 1.165) is 26.1 Å². The van der Waals surface area contributed by atoms with Gasteiger partial charge in [0.2, 0.25) is 0 Å². The molecule has 0 amide bonds. The molecule has 14 nitrogen and oxygen atoms in total. The van der Waals surface area contributed by atoms with E-state index in [1.54, 1.807) is 13.8 Å². The second-order valence-electron chi connectivity index (χ2n) is 9.64. The van der Waals surface area contributed by atoms with Gasteiger partial charge in [-0.3, -0.25) is 28.5 Å². The zero-order valence-electron chi connectivity index (χ0n) is 22.7. The van der Waals surface area contributed by atoms with Gasteiger partial charge in [-0.1, -0.05) is 11.6 Å². The fourth-order valence-corrected chi connectivity index (χ4v) is 5.52. The Morgan fingerprint density at radius 3 is 2.44 bits per heavy atom. The molecule has 6 unspecified atom stereocenters. The number of hydrogen-bond acceptors (Lipinski definition) is 11. The predicted octanol–water partition coefficient (Wildman–Crippen LogP) is 2.20. The van der Waals surface area contributed by atoms with Crippen LogP contribution < -0.4 is 20.9 Å². The molecular formula is C24H30ClFN3O11P. The molecule has 0 radical (unpaired) electrons. The van der Waals surface area contributed by atoms with Crippen molar-refractivity contribution in [1.82, 2.24) is 14.6 Å². The Labute approximate surface area is 238 Å². The minimum absolute atomic E-state index is 0.0453. The fourth-order valence-electron chi connectivity index (χ4n) is 3.89. The molecule has 0 spiro atoms. The van der Waals surface area contributed by atoms with Crippen molar-refractivity contribution in [3.8, 4) is 5.75 Å². The first-order valence-electron chi connectivity index (χ1n) is 12.2. The summed E-state index contributed by atoms with van der Waals surface area (Å²) in [5.41, 5.74) is -4.26. The molecule has 41 heavy (non-hydrogen) atoms. The molecule has 1 aromatic carbocycles. The van der Waals surface area contributed by atoms with Crippen molar-refractivity contribution in [2.45, 2.75) is 70.6 Å². The van der Waals surface area contributed by atoms with Gasteiger partial charge in [-0.25, -0.2) is 13.8 Å². The highest BCUT2D eigenvalue weighted by Gasteiger charge is 2.66. The van der Waals surface area contributed by atoms with Crippen LogP contribution in [0.15, 0.2) is 46.1 Å². The summed E-state index contributed by atoms with van der Waals surface area (Å²) in [5.74, 6) is -5.14. The Hall–Kier alpha value is -3.07. The van der Waals surface area contributed by atoms with Crippen molar-refractivity contribution in [3.05, 3.63) is 62.4 Å². The highest BCUT2D eigenvalue weighted by atomic mass is 35.5.